The molecule has 1 saturated heterocycles. The first-order valence-electron chi connectivity index (χ1n) is 12.4. The number of hydrogen-bond donors (Lipinski definition) is 3. The fourth-order valence-corrected chi connectivity index (χ4v) is 4.45. The highest BCUT2D eigenvalue weighted by Gasteiger charge is 2.32. The number of piperazine rings is 1. The summed E-state index contributed by atoms with van der Waals surface area (Å²) in [6.45, 7) is 4.41. The van der Waals surface area contributed by atoms with E-state index in [1.807, 2.05) is 18.9 Å². The van der Waals surface area contributed by atoms with Crippen molar-refractivity contribution >= 4 is 34.6 Å². The second-order valence-electron chi connectivity index (χ2n) is 9.55. The average molecular weight is 575 g/mol. The minimum Gasteiger partial charge on any atom is -0.397 e. The Morgan fingerprint density at radius 3 is 2.52 bits per heavy atom. The molecule has 0 saturated carbocycles. The number of nitrogens with two attached hydrogens (primary N) is 2. The van der Waals surface area contributed by atoms with Crippen molar-refractivity contribution in [3.8, 4) is 0 Å². The number of carbonyl (C=O) groups excluding carboxylic acids is 1. The number of alkyl halides is 3. The topological polar surface area (TPSA) is 109 Å². The molecule has 13 heteroatoms. The van der Waals surface area contributed by atoms with Gasteiger partial charge in [-0.2, -0.15) is 18.3 Å². The third kappa shape index (κ3) is 6.60. The van der Waals surface area contributed by atoms with Gasteiger partial charge in [-0.3, -0.25) is 14.5 Å². The van der Waals surface area contributed by atoms with Gasteiger partial charge >= 0.3 is 6.18 Å². The second-order valence-corrected chi connectivity index (χ2v) is 9.92. The number of likely N-dealkylation sites (N-methyl/N-ethyl adjacent to an activating group) is 1. The van der Waals surface area contributed by atoms with Crippen molar-refractivity contribution in [3.63, 3.8) is 0 Å². The number of nitrogens with zero attached hydrogens (tertiary/aromatic N) is 5. The van der Waals surface area contributed by atoms with Crippen molar-refractivity contribution in [2.75, 3.05) is 43.4 Å². The first-order valence-corrected chi connectivity index (χ1v) is 12.7. The molecule has 2 heterocycles. The second kappa shape index (κ2) is 11.6. The lowest BCUT2D eigenvalue weighted by molar-refractivity contribution is -0.137. The summed E-state index contributed by atoms with van der Waals surface area (Å²) in [5, 5.41) is 8.00. The van der Waals surface area contributed by atoms with Gasteiger partial charge in [0.25, 0.3) is 5.91 Å². The minimum atomic E-state index is -4.59. The molecule has 0 spiro atoms. The van der Waals surface area contributed by atoms with E-state index in [4.69, 9.17) is 23.2 Å². The van der Waals surface area contributed by atoms with Crippen molar-refractivity contribution in [2.45, 2.75) is 13.1 Å². The Morgan fingerprint density at radius 2 is 1.90 bits per heavy atom. The van der Waals surface area contributed by atoms with Gasteiger partial charge in [-0.1, -0.05) is 17.3 Å². The molecule has 0 bridgehead atoms. The number of carbonyl (C=O) groups is 1. The van der Waals surface area contributed by atoms with Crippen LogP contribution in [0.25, 0.3) is 5.70 Å². The Labute approximate surface area is 235 Å². The summed E-state index contributed by atoms with van der Waals surface area (Å²) in [4.78, 5) is 17.2. The molecule has 2 aromatic rings. The van der Waals surface area contributed by atoms with Gasteiger partial charge in [0.15, 0.2) is 0 Å². The number of hydrazine groups is 1. The van der Waals surface area contributed by atoms with Crippen LogP contribution in [0.5, 0.6) is 0 Å². The summed E-state index contributed by atoms with van der Waals surface area (Å²) in [5.41, 5.74) is 10.6. The molecule has 0 radical (unpaired) electrons. The number of nitrogens with one attached hydrogen (secondary N) is 1. The minimum absolute atomic E-state index is 0.0117. The van der Waals surface area contributed by atoms with Crippen LogP contribution in [0.15, 0.2) is 70.9 Å². The molecule has 0 unspecified atom stereocenters. The van der Waals surface area contributed by atoms with Gasteiger partial charge in [0.2, 0.25) is 0 Å². The van der Waals surface area contributed by atoms with E-state index >= 15 is 0 Å². The van der Waals surface area contributed by atoms with Crippen molar-refractivity contribution in [2.24, 2.45) is 18.6 Å². The smallest absolute Gasteiger partial charge is 0.397 e. The van der Waals surface area contributed by atoms with Gasteiger partial charge in [0.1, 0.15) is 5.03 Å². The van der Waals surface area contributed by atoms with Crippen LogP contribution in [0.4, 0.5) is 24.5 Å². The third-order valence-electron chi connectivity index (χ3n) is 6.73. The molecule has 2 aliphatic rings. The molecule has 1 aliphatic heterocycles. The molecule has 1 aromatic carbocycles. The van der Waals surface area contributed by atoms with E-state index in [0.717, 1.165) is 22.8 Å². The Balaban J connectivity index is 1.60. The zero-order valence-electron chi connectivity index (χ0n) is 22.3. The lowest BCUT2D eigenvalue weighted by Gasteiger charge is -2.34. The highest BCUT2D eigenvalue weighted by Crippen LogP contribution is 2.35. The van der Waals surface area contributed by atoms with Crippen molar-refractivity contribution in [3.05, 3.63) is 87.7 Å². The predicted molar refractivity (Wildman–Crippen MR) is 150 cm³/mol. The van der Waals surface area contributed by atoms with Gasteiger partial charge in [-0.25, -0.2) is 5.84 Å². The predicted octanol–water partition coefficient (Wildman–Crippen LogP) is 3.67. The lowest BCUT2D eigenvalue weighted by atomic mass is 10.1. The molecule has 212 valence electrons. The monoisotopic (exact) mass is 574 g/mol. The van der Waals surface area contributed by atoms with E-state index in [0.29, 0.717) is 43.1 Å². The van der Waals surface area contributed by atoms with Crippen LogP contribution in [-0.2, 0) is 18.0 Å². The zero-order chi connectivity index (χ0) is 29.2. The fourth-order valence-electron chi connectivity index (χ4n) is 4.23. The van der Waals surface area contributed by atoms with Crippen LogP contribution in [0.1, 0.15) is 16.8 Å². The Hall–Kier alpha value is -3.96. The molecular formula is C27H30ClF3N8O. The molecule has 5 N–H and O–H groups in total. The van der Waals surface area contributed by atoms with Gasteiger partial charge in [0, 0.05) is 67.6 Å². The largest absolute Gasteiger partial charge is 0.416 e. The highest BCUT2D eigenvalue weighted by molar-refractivity contribution is 6.32. The molecule has 40 heavy (non-hydrogen) atoms. The van der Waals surface area contributed by atoms with Gasteiger partial charge in [0.05, 0.1) is 23.2 Å². The van der Waals surface area contributed by atoms with E-state index < -0.39 is 17.6 Å². The number of aromatic nitrogens is 2. The SMILES string of the molecule is Cc1c(/C(N)=C/N(N)C2=CC(C(=O)Nc3cc(N4CCN(C)CC4)cc(C(F)(F)F)c3)=CC=C=C2Cl)cnn1C. The maximum atomic E-state index is 13.7. The number of anilines is 2. The average Bonchev–Trinajstić information content (AvgIpc) is 3.10. The fraction of sp³-hybridized carbons (Fsp3) is 0.296. The number of allylic oxidation sites excluding steroid dienone is 2. The number of amides is 1. The zero-order valence-corrected chi connectivity index (χ0v) is 23.0. The number of halogens is 4. The van der Waals surface area contributed by atoms with Crippen molar-refractivity contribution in [1.82, 2.24) is 19.7 Å². The van der Waals surface area contributed by atoms with Crippen LogP contribution in [-0.4, -0.2) is 58.8 Å². The first-order chi connectivity index (χ1) is 18.8. The molecule has 1 amide bonds. The Kier molecular flexibility index (Phi) is 8.45. The van der Waals surface area contributed by atoms with E-state index in [2.05, 4.69) is 21.0 Å². The normalized spacial score (nSPS) is 16.8. The molecule has 1 aromatic heterocycles. The Morgan fingerprint density at radius 1 is 1.20 bits per heavy atom. The maximum absolute atomic E-state index is 13.7. The first kappa shape index (κ1) is 29.0. The van der Waals surface area contributed by atoms with E-state index in [9.17, 15) is 18.0 Å². The summed E-state index contributed by atoms with van der Waals surface area (Å²) < 4.78 is 42.8. The van der Waals surface area contributed by atoms with Crippen LogP contribution in [0.3, 0.4) is 0 Å². The summed E-state index contributed by atoms with van der Waals surface area (Å²) in [7, 11) is 3.73. The molecule has 1 fully saturated rings. The van der Waals surface area contributed by atoms with Crippen LogP contribution < -0.4 is 21.8 Å². The number of aryl methyl sites for hydroxylation is 1. The number of benzene rings is 1. The highest BCUT2D eigenvalue weighted by atomic mass is 35.5. The molecule has 1 aliphatic carbocycles. The molecular weight excluding hydrogens is 545 g/mol. The van der Waals surface area contributed by atoms with E-state index in [-0.39, 0.29) is 22.0 Å². The molecule has 0 atom stereocenters. The van der Waals surface area contributed by atoms with Crippen molar-refractivity contribution in [1.29, 1.82) is 0 Å². The molecule has 4 rings (SSSR count). The molecule has 9 nitrogen and oxygen atoms in total. The van der Waals surface area contributed by atoms with Gasteiger partial charge in [-0.15, -0.1) is 0 Å². The summed E-state index contributed by atoms with van der Waals surface area (Å²) >= 11 is 6.36. The number of rotatable bonds is 6. The summed E-state index contributed by atoms with van der Waals surface area (Å²) in [6.07, 6.45) is 2.70. The standard InChI is InChI=1S/C27H30ClF3N8O/c1-17-22(15-34-37(17)3)24(32)16-39(33)25-11-18(5-4-6-23(25)28)26(40)35-20-12-19(27(29,30)31)13-21(14-20)38-9-7-36(2)8-10-38/h4-5,11-16H,7-10,32-33H2,1-3H3,(H,35,40)/b24-16-. The quantitative estimate of drug-likeness (QED) is 0.274. The third-order valence-corrected chi connectivity index (χ3v) is 7.03. The van der Waals surface area contributed by atoms with Crippen molar-refractivity contribution < 1.29 is 18.0 Å². The van der Waals surface area contributed by atoms with Crippen LogP contribution in [0.2, 0.25) is 0 Å². The van der Waals surface area contributed by atoms with E-state index in [1.54, 1.807) is 17.9 Å². The summed E-state index contributed by atoms with van der Waals surface area (Å²) in [6, 6.07) is 3.55. The van der Waals surface area contributed by atoms with E-state index in [1.165, 1.54) is 30.5 Å². The summed E-state index contributed by atoms with van der Waals surface area (Å²) in [5.74, 6) is 5.57. The van der Waals surface area contributed by atoms with Gasteiger partial charge < -0.3 is 20.9 Å². The van der Waals surface area contributed by atoms with Crippen LogP contribution >= 0.6 is 11.6 Å². The van der Waals surface area contributed by atoms with Crippen LogP contribution in [0, 0.1) is 6.92 Å². The van der Waals surface area contributed by atoms with Gasteiger partial charge in [-0.05, 0) is 50.4 Å². The lowest BCUT2D eigenvalue weighted by Crippen LogP contribution is -2.44. The Bertz CT molecular complexity index is 1460. The number of hydrogen-bond acceptors (Lipinski definition) is 7. The maximum Gasteiger partial charge on any atom is 0.416 e.